The fourth-order valence-electron chi connectivity index (χ4n) is 2.10. The van der Waals surface area contributed by atoms with E-state index in [2.05, 4.69) is 10.1 Å². The van der Waals surface area contributed by atoms with Crippen LogP contribution in [0.1, 0.15) is 24.5 Å². The van der Waals surface area contributed by atoms with E-state index in [9.17, 15) is 13.6 Å². The normalized spacial score (nSPS) is 10.9. The maximum Gasteiger partial charge on any atom is 0.387 e. The number of hydrogen-bond donors (Lipinski definition) is 1. The largest absolute Gasteiger partial charge is 0.494 e. The highest BCUT2D eigenvalue weighted by atomic mass is 19.3. The van der Waals surface area contributed by atoms with Crippen LogP contribution in [0.15, 0.2) is 54.6 Å². The quantitative estimate of drug-likeness (QED) is 0.673. The molecule has 0 unspecified atom stereocenters. The zero-order valence-electron chi connectivity index (χ0n) is 14.5. The predicted octanol–water partition coefficient (Wildman–Crippen LogP) is 4.41. The Morgan fingerprint density at radius 1 is 1.08 bits per heavy atom. The van der Waals surface area contributed by atoms with E-state index in [-0.39, 0.29) is 11.7 Å². The van der Waals surface area contributed by atoms with E-state index in [1.165, 1.54) is 18.2 Å². The second kappa shape index (κ2) is 10.2. The molecule has 0 saturated carbocycles. The number of carbonyl (C=O) groups is 1. The molecule has 2 aromatic rings. The average molecular weight is 361 g/mol. The van der Waals surface area contributed by atoms with E-state index < -0.39 is 6.61 Å². The van der Waals surface area contributed by atoms with Crippen molar-refractivity contribution in [3.05, 3.63) is 65.7 Å². The topological polar surface area (TPSA) is 47.6 Å². The molecule has 2 aromatic carbocycles. The number of benzene rings is 2. The molecule has 0 saturated heterocycles. The minimum atomic E-state index is -2.85. The summed E-state index contributed by atoms with van der Waals surface area (Å²) in [4.78, 5) is 11.9. The summed E-state index contributed by atoms with van der Waals surface area (Å²) in [6.45, 7) is 0.161. The number of amides is 1. The molecule has 1 amide bonds. The molecule has 0 atom stereocenters. The molecule has 6 heteroatoms. The summed E-state index contributed by atoms with van der Waals surface area (Å²) in [6.07, 6.45) is 4.10. The van der Waals surface area contributed by atoms with Gasteiger partial charge in [0, 0.05) is 12.6 Å². The molecule has 26 heavy (non-hydrogen) atoms. The van der Waals surface area contributed by atoms with E-state index >= 15 is 0 Å². The zero-order chi connectivity index (χ0) is 18.8. The van der Waals surface area contributed by atoms with Gasteiger partial charge in [0.05, 0.1) is 6.61 Å². The fourth-order valence-corrected chi connectivity index (χ4v) is 2.10. The third-order valence-corrected chi connectivity index (χ3v) is 3.40. The molecule has 2 rings (SSSR count). The standard InChI is InChI=1S/C20H21F2NO3/c1-2-13-25-17-8-3-15(4-9-17)7-12-19(24)23-14-16-5-10-18(11-6-16)26-20(21)22/h3-12,20H,2,13-14H2,1H3,(H,23,24)/b12-7+. The smallest absolute Gasteiger partial charge is 0.387 e. The number of halogens is 2. The summed E-state index contributed by atoms with van der Waals surface area (Å²) < 4.78 is 33.9. The number of carbonyl (C=O) groups excluding carboxylic acids is 1. The van der Waals surface area contributed by atoms with E-state index in [1.807, 2.05) is 31.2 Å². The van der Waals surface area contributed by atoms with Crippen LogP contribution in [0.25, 0.3) is 6.08 Å². The van der Waals surface area contributed by atoms with Gasteiger partial charge in [0.25, 0.3) is 0 Å². The highest BCUT2D eigenvalue weighted by molar-refractivity contribution is 5.91. The van der Waals surface area contributed by atoms with Crippen molar-refractivity contribution in [2.45, 2.75) is 26.5 Å². The summed E-state index contributed by atoms with van der Waals surface area (Å²) >= 11 is 0. The number of alkyl halides is 2. The van der Waals surface area contributed by atoms with Gasteiger partial charge in [-0.2, -0.15) is 8.78 Å². The SMILES string of the molecule is CCCOc1ccc(/C=C/C(=O)NCc2ccc(OC(F)F)cc2)cc1. The van der Waals surface area contributed by atoms with E-state index in [1.54, 1.807) is 18.2 Å². The average Bonchev–Trinajstić information content (AvgIpc) is 2.64. The molecule has 138 valence electrons. The van der Waals surface area contributed by atoms with Crippen molar-refractivity contribution < 1.29 is 23.0 Å². The Morgan fingerprint density at radius 3 is 2.35 bits per heavy atom. The molecule has 0 aliphatic heterocycles. The van der Waals surface area contributed by atoms with Gasteiger partial charge >= 0.3 is 6.61 Å². The van der Waals surface area contributed by atoms with Crippen LogP contribution in [-0.2, 0) is 11.3 Å². The van der Waals surface area contributed by atoms with Crippen LogP contribution >= 0.6 is 0 Å². The molecule has 1 N–H and O–H groups in total. The Labute approximate surface area is 151 Å². The summed E-state index contributed by atoms with van der Waals surface area (Å²) in [7, 11) is 0. The van der Waals surface area contributed by atoms with Crippen molar-refractivity contribution in [1.82, 2.24) is 5.32 Å². The molecule has 4 nitrogen and oxygen atoms in total. The maximum absolute atomic E-state index is 12.1. The Kier molecular flexibility index (Phi) is 7.61. The van der Waals surface area contributed by atoms with Crippen molar-refractivity contribution in [3.63, 3.8) is 0 Å². The van der Waals surface area contributed by atoms with Crippen LogP contribution in [0.4, 0.5) is 8.78 Å². The van der Waals surface area contributed by atoms with Gasteiger partial charge in [-0.1, -0.05) is 31.2 Å². The van der Waals surface area contributed by atoms with Gasteiger partial charge in [-0.05, 0) is 47.9 Å². The fraction of sp³-hybridized carbons (Fsp3) is 0.250. The number of rotatable bonds is 9. The molecule has 0 spiro atoms. The van der Waals surface area contributed by atoms with Crippen LogP contribution in [0, 0.1) is 0 Å². The van der Waals surface area contributed by atoms with E-state index in [0.29, 0.717) is 13.2 Å². The monoisotopic (exact) mass is 361 g/mol. The lowest BCUT2D eigenvalue weighted by Gasteiger charge is -2.06. The molecule has 0 fully saturated rings. The molecular formula is C20H21F2NO3. The maximum atomic E-state index is 12.1. The first-order chi connectivity index (χ1) is 12.6. The van der Waals surface area contributed by atoms with Gasteiger partial charge in [-0.3, -0.25) is 4.79 Å². The highest BCUT2D eigenvalue weighted by Crippen LogP contribution is 2.15. The van der Waals surface area contributed by atoms with Crippen LogP contribution < -0.4 is 14.8 Å². The number of hydrogen-bond acceptors (Lipinski definition) is 3. The summed E-state index contributed by atoms with van der Waals surface area (Å²) in [6, 6.07) is 13.6. The third-order valence-electron chi connectivity index (χ3n) is 3.40. The van der Waals surface area contributed by atoms with Gasteiger partial charge in [-0.25, -0.2) is 0 Å². The van der Waals surface area contributed by atoms with Crippen LogP contribution in [0.3, 0.4) is 0 Å². The predicted molar refractivity (Wildman–Crippen MR) is 96.2 cm³/mol. The van der Waals surface area contributed by atoms with Crippen LogP contribution in [0.5, 0.6) is 11.5 Å². The first-order valence-electron chi connectivity index (χ1n) is 8.29. The Bertz CT molecular complexity index is 713. The van der Waals surface area contributed by atoms with Gasteiger partial charge in [0.15, 0.2) is 0 Å². The van der Waals surface area contributed by atoms with Crippen molar-refractivity contribution >= 4 is 12.0 Å². The molecule has 0 radical (unpaired) electrons. The first kappa shape index (κ1) is 19.4. The lowest BCUT2D eigenvalue weighted by Crippen LogP contribution is -2.20. The first-order valence-corrected chi connectivity index (χ1v) is 8.29. The Morgan fingerprint density at radius 2 is 1.73 bits per heavy atom. The molecular weight excluding hydrogens is 340 g/mol. The Balaban J connectivity index is 1.79. The van der Waals surface area contributed by atoms with Crippen molar-refractivity contribution in [1.29, 1.82) is 0 Å². The second-order valence-corrected chi connectivity index (χ2v) is 5.49. The highest BCUT2D eigenvalue weighted by Gasteiger charge is 2.04. The van der Waals surface area contributed by atoms with Crippen LogP contribution in [0.2, 0.25) is 0 Å². The summed E-state index contributed by atoms with van der Waals surface area (Å²) in [5.74, 6) is 0.637. The Hall–Kier alpha value is -2.89. The van der Waals surface area contributed by atoms with Gasteiger partial charge < -0.3 is 14.8 Å². The van der Waals surface area contributed by atoms with Gasteiger partial charge in [0.1, 0.15) is 11.5 Å². The van der Waals surface area contributed by atoms with Gasteiger partial charge in [-0.15, -0.1) is 0 Å². The molecule has 0 aliphatic rings. The second-order valence-electron chi connectivity index (χ2n) is 5.49. The number of ether oxygens (including phenoxy) is 2. The third kappa shape index (κ3) is 6.93. The van der Waals surface area contributed by atoms with E-state index in [0.717, 1.165) is 23.3 Å². The molecule has 0 aromatic heterocycles. The molecule has 0 bridgehead atoms. The van der Waals surface area contributed by atoms with Crippen molar-refractivity contribution in [2.24, 2.45) is 0 Å². The molecule has 0 aliphatic carbocycles. The molecule has 0 heterocycles. The van der Waals surface area contributed by atoms with Crippen LogP contribution in [-0.4, -0.2) is 19.1 Å². The minimum absolute atomic E-state index is 0.0846. The van der Waals surface area contributed by atoms with Gasteiger partial charge in [0.2, 0.25) is 5.91 Å². The lowest BCUT2D eigenvalue weighted by atomic mass is 10.2. The summed E-state index contributed by atoms with van der Waals surface area (Å²) in [5.41, 5.74) is 1.67. The van der Waals surface area contributed by atoms with E-state index in [4.69, 9.17) is 4.74 Å². The summed E-state index contributed by atoms with van der Waals surface area (Å²) in [5, 5.41) is 2.73. The zero-order valence-corrected chi connectivity index (χ0v) is 14.5. The number of nitrogens with one attached hydrogen (secondary N) is 1. The van der Waals surface area contributed by atoms with Crippen molar-refractivity contribution in [2.75, 3.05) is 6.61 Å². The minimum Gasteiger partial charge on any atom is -0.494 e. The lowest BCUT2D eigenvalue weighted by molar-refractivity contribution is -0.116. The van der Waals surface area contributed by atoms with Crippen molar-refractivity contribution in [3.8, 4) is 11.5 Å².